The molecule has 0 saturated carbocycles. The summed E-state index contributed by atoms with van der Waals surface area (Å²) in [4.78, 5) is 16.4. The number of carbonyl (C=O) groups excluding carboxylic acids is 1. The molecule has 0 aromatic heterocycles. The van der Waals surface area contributed by atoms with E-state index in [0.29, 0.717) is 19.6 Å². The summed E-state index contributed by atoms with van der Waals surface area (Å²) in [7, 11) is -0.164. The van der Waals surface area contributed by atoms with E-state index in [9.17, 15) is 13.2 Å². The number of ether oxygens (including phenoxy) is 1. The molecule has 2 aromatic carbocycles. The van der Waals surface area contributed by atoms with E-state index in [1.54, 1.807) is 30.2 Å². The van der Waals surface area contributed by atoms with Gasteiger partial charge in [-0.2, -0.15) is 4.31 Å². The predicted octanol–water partition coefficient (Wildman–Crippen LogP) is 2.31. The summed E-state index contributed by atoms with van der Waals surface area (Å²) in [6, 6.07) is 14.1. The van der Waals surface area contributed by atoms with Crippen molar-refractivity contribution in [3.63, 3.8) is 0 Å². The molecule has 1 aliphatic rings. The Morgan fingerprint density at radius 1 is 1.10 bits per heavy atom. The molecule has 7 nitrogen and oxygen atoms in total. The highest BCUT2D eigenvalue weighted by molar-refractivity contribution is 7.89. The van der Waals surface area contributed by atoms with Crippen LogP contribution in [0.1, 0.15) is 5.56 Å². The lowest BCUT2D eigenvalue weighted by Crippen LogP contribution is -2.52. The van der Waals surface area contributed by atoms with Gasteiger partial charge in [-0.3, -0.25) is 9.69 Å². The summed E-state index contributed by atoms with van der Waals surface area (Å²) in [6.45, 7) is 2.08. The summed E-state index contributed by atoms with van der Waals surface area (Å²) in [6.07, 6.45) is 0. The predicted molar refractivity (Wildman–Crippen MR) is 116 cm³/mol. The van der Waals surface area contributed by atoms with Crippen LogP contribution in [0.2, 0.25) is 5.02 Å². The molecule has 1 amide bonds. The second-order valence-electron chi connectivity index (χ2n) is 7.24. The van der Waals surface area contributed by atoms with Gasteiger partial charge in [-0.25, -0.2) is 8.42 Å². The largest absolute Gasteiger partial charge is 0.497 e. The van der Waals surface area contributed by atoms with Crippen LogP contribution in [-0.4, -0.2) is 75.3 Å². The van der Waals surface area contributed by atoms with E-state index in [4.69, 9.17) is 16.3 Å². The van der Waals surface area contributed by atoms with E-state index in [1.807, 2.05) is 36.2 Å². The molecule has 0 atom stereocenters. The molecule has 2 aromatic rings. The zero-order chi connectivity index (χ0) is 21.7. The molecule has 3 rings (SSSR count). The second-order valence-corrected chi connectivity index (χ2v) is 9.55. The summed E-state index contributed by atoms with van der Waals surface area (Å²) in [5, 5.41) is 0.204. The number of nitrogens with zero attached hydrogens (tertiary/aromatic N) is 3. The topological polar surface area (TPSA) is 70.2 Å². The third kappa shape index (κ3) is 5.31. The van der Waals surface area contributed by atoms with E-state index in [2.05, 4.69) is 0 Å². The van der Waals surface area contributed by atoms with E-state index in [-0.39, 0.29) is 35.5 Å². The minimum Gasteiger partial charge on any atom is -0.497 e. The van der Waals surface area contributed by atoms with Crippen LogP contribution >= 0.6 is 11.6 Å². The van der Waals surface area contributed by atoms with Gasteiger partial charge in [0.1, 0.15) is 10.6 Å². The Labute approximate surface area is 182 Å². The van der Waals surface area contributed by atoms with Gasteiger partial charge in [0.2, 0.25) is 15.9 Å². The molecule has 0 aliphatic carbocycles. The second kappa shape index (κ2) is 9.78. The third-order valence-corrected chi connectivity index (χ3v) is 7.44. The van der Waals surface area contributed by atoms with Crippen molar-refractivity contribution in [2.75, 3.05) is 46.9 Å². The first-order chi connectivity index (χ1) is 14.3. The number of likely N-dealkylation sites (N-methyl/N-ethyl adjacent to an activating group) is 1. The zero-order valence-corrected chi connectivity index (χ0v) is 18.7. The Bertz CT molecular complexity index is 991. The minimum atomic E-state index is -3.67. The smallest absolute Gasteiger partial charge is 0.244 e. The normalized spacial score (nSPS) is 15.4. The van der Waals surface area contributed by atoms with Crippen LogP contribution in [-0.2, 0) is 21.4 Å². The third-order valence-electron chi connectivity index (χ3n) is 5.04. The van der Waals surface area contributed by atoms with Crippen LogP contribution in [0, 0.1) is 0 Å². The maximum Gasteiger partial charge on any atom is 0.244 e. The number of amides is 1. The van der Waals surface area contributed by atoms with Gasteiger partial charge in [-0.15, -0.1) is 0 Å². The quantitative estimate of drug-likeness (QED) is 0.646. The molecule has 0 bridgehead atoms. The van der Waals surface area contributed by atoms with Gasteiger partial charge in [-0.05, 0) is 36.9 Å². The average Bonchev–Trinajstić information content (AvgIpc) is 2.74. The van der Waals surface area contributed by atoms with Gasteiger partial charge >= 0.3 is 0 Å². The fourth-order valence-electron chi connectivity index (χ4n) is 3.44. The number of halogens is 1. The maximum absolute atomic E-state index is 12.8. The van der Waals surface area contributed by atoms with Gasteiger partial charge < -0.3 is 9.64 Å². The number of rotatable bonds is 7. The minimum absolute atomic E-state index is 0.0183. The van der Waals surface area contributed by atoms with Crippen molar-refractivity contribution in [1.82, 2.24) is 14.1 Å². The van der Waals surface area contributed by atoms with Crippen LogP contribution < -0.4 is 4.74 Å². The average molecular weight is 452 g/mol. The van der Waals surface area contributed by atoms with Crippen LogP contribution in [0.5, 0.6) is 5.75 Å². The molecule has 162 valence electrons. The molecular weight excluding hydrogens is 426 g/mol. The summed E-state index contributed by atoms with van der Waals surface area (Å²) < 4.78 is 32.3. The lowest BCUT2D eigenvalue weighted by Gasteiger charge is -2.35. The Kier molecular flexibility index (Phi) is 7.36. The first-order valence-electron chi connectivity index (χ1n) is 9.65. The molecule has 1 saturated heterocycles. The van der Waals surface area contributed by atoms with Crippen molar-refractivity contribution < 1.29 is 17.9 Å². The summed E-state index contributed by atoms with van der Waals surface area (Å²) in [5.74, 6) is 0.762. The monoisotopic (exact) mass is 451 g/mol. The summed E-state index contributed by atoms with van der Waals surface area (Å²) in [5.41, 5.74) is 1.06. The zero-order valence-electron chi connectivity index (χ0n) is 17.1. The van der Waals surface area contributed by atoms with Crippen molar-refractivity contribution in [1.29, 1.82) is 0 Å². The molecule has 1 fully saturated rings. The lowest BCUT2D eigenvalue weighted by atomic mass is 10.2. The highest BCUT2D eigenvalue weighted by Gasteiger charge is 2.31. The standard InChI is InChI=1S/C21H26ClN3O4S/c1-23(15-17-6-5-7-18(14-17)29-2)16-21(26)24-10-12-25(13-11-24)30(27,28)20-9-4-3-8-19(20)22/h3-9,14H,10-13,15-16H2,1-2H3. The van der Waals surface area contributed by atoms with Crippen molar-refractivity contribution in [3.05, 3.63) is 59.1 Å². The van der Waals surface area contributed by atoms with E-state index in [0.717, 1.165) is 11.3 Å². The fraction of sp³-hybridized carbons (Fsp3) is 0.381. The number of sulfonamides is 1. The van der Waals surface area contributed by atoms with Crippen LogP contribution in [0.15, 0.2) is 53.4 Å². The first-order valence-corrected chi connectivity index (χ1v) is 11.5. The SMILES string of the molecule is COc1cccc(CN(C)CC(=O)N2CCN(S(=O)(=O)c3ccccc3Cl)CC2)c1. The fourth-order valence-corrected chi connectivity index (χ4v) is 5.36. The lowest BCUT2D eigenvalue weighted by molar-refractivity contribution is -0.133. The molecule has 1 aliphatic heterocycles. The molecular formula is C21H26ClN3O4S. The van der Waals surface area contributed by atoms with E-state index >= 15 is 0 Å². The molecule has 0 unspecified atom stereocenters. The van der Waals surface area contributed by atoms with Crippen molar-refractivity contribution in [3.8, 4) is 5.75 Å². The molecule has 9 heteroatoms. The molecule has 0 radical (unpaired) electrons. The molecule has 0 spiro atoms. The van der Waals surface area contributed by atoms with Crippen molar-refractivity contribution in [2.45, 2.75) is 11.4 Å². The van der Waals surface area contributed by atoms with Gasteiger partial charge in [0, 0.05) is 32.7 Å². The number of hydrogen-bond donors (Lipinski definition) is 0. The molecule has 1 heterocycles. The Balaban J connectivity index is 1.54. The van der Waals surface area contributed by atoms with Gasteiger partial charge in [-0.1, -0.05) is 35.9 Å². The van der Waals surface area contributed by atoms with Crippen molar-refractivity contribution in [2.24, 2.45) is 0 Å². The Hall–Kier alpha value is -2.13. The van der Waals surface area contributed by atoms with Crippen LogP contribution in [0.25, 0.3) is 0 Å². The highest BCUT2D eigenvalue weighted by atomic mass is 35.5. The van der Waals surface area contributed by atoms with Crippen LogP contribution in [0.4, 0.5) is 0 Å². The Morgan fingerprint density at radius 2 is 1.80 bits per heavy atom. The molecule has 30 heavy (non-hydrogen) atoms. The highest BCUT2D eigenvalue weighted by Crippen LogP contribution is 2.25. The van der Waals surface area contributed by atoms with E-state index in [1.165, 1.54) is 10.4 Å². The maximum atomic E-state index is 12.8. The van der Waals surface area contributed by atoms with Gasteiger partial charge in [0.05, 0.1) is 18.7 Å². The number of carbonyl (C=O) groups is 1. The molecule has 0 N–H and O–H groups in total. The Morgan fingerprint density at radius 3 is 2.47 bits per heavy atom. The number of methoxy groups -OCH3 is 1. The van der Waals surface area contributed by atoms with Crippen LogP contribution in [0.3, 0.4) is 0 Å². The summed E-state index contributed by atoms with van der Waals surface area (Å²) >= 11 is 6.07. The van der Waals surface area contributed by atoms with E-state index < -0.39 is 10.0 Å². The number of hydrogen-bond acceptors (Lipinski definition) is 5. The number of piperazine rings is 1. The van der Waals surface area contributed by atoms with Crippen molar-refractivity contribution >= 4 is 27.5 Å². The number of benzene rings is 2. The van der Waals surface area contributed by atoms with Gasteiger partial charge in [0.15, 0.2) is 0 Å². The first kappa shape index (κ1) is 22.6. The van der Waals surface area contributed by atoms with Gasteiger partial charge in [0.25, 0.3) is 0 Å².